The summed E-state index contributed by atoms with van der Waals surface area (Å²) in [5.74, 6) is -4.00. The smallest absolute Gasteiger partial charge is 0.338 e. The Bertz CT molecular complexity index is 1910. The second-order valence-corrected chi connectivity index (χ2v) is 11.7. The van der Waals surface area contributed by atoms with E-state index < -0.39 is 65.7 Å². The molecular weight excluding hydrogens is 636 g/mol. The van der Waals surface area contributed by atoms with Gasteiger partial charge in [0.2, 0.25) is 11.8 Å². The molecule has 15 nitrogen and oxygen atoms in total. The molecule has 3 aromatic carbocycles. The Labute approximate surface area is 280 Å². The Hall–Kier alpha value is -6.09. The summed E-state index contributed by atoms with van der Waals surface area (Å²) in [6, 6.07) is 19.6. The second kappa shape index (κ2) is 14.4. The number of nitrogen functional groups attached to an aromatic ring is 1. The van der Waals surface area contributed by atoms with Gasteiger partial charge in [0.05, 0.1) is 16.7 Å². The highest BCUT2D eigenvalue weighted by molar-refractivity contribution is 5.92. The summed E-state index contributed by atoms with van der Waals surface area (Å²) < 4.78 is 23.5. The lowest BCUT2D eigenvalue weighted by Gasteiger charge is -2.33. The Morgan fingerprint density at radius 1 is 0.816 bits per heavy atom. The van der Waals surface area contributed by atoms with Crippen LogP contribution in [0.5, 0.6) is 0 Å². The van der Waals surface area contributed by atoms with Crippen molar-refractivity contribution in [2.45, 2.75) is 51.6 Å². The molecule has 1 saturated heterocycles. The number of esters is 3. The zero-order valence-electron chi connectivity index (χ0n) is 27.0. The number of nitrogens with one attached hydrogen (secondary N) is 3. The topological polar surface area (TPSA) is 214 Å². The first-order chi connectivity index (χ1) is 23.3. The van der Waals surface area contributed by atoms with Crippen molar-refractivity contribution in [1.29, 1.82) is 0 Å². The van der Waals surface area contributed by atoms with Gasteiger partial charge in [-0.2, -0.15) is 0 Å². The van der Waals surface area contributed by atoms with Gasteiger partial charge in [0, 0.05) is 0 Å². The summed E-state index contributed by atoms with van der Waals surface area (Å²) >= 11 is 0. The maximum atomic E-state index is 13.7. The average molecular weight is 671 g/mol. The van der Waals surface area contributed by atoms with Crippen molar-refractivity contribution in [2.24, 2.45) is 0 Å². The summed E-state index contributed by atoms with van der Waals surface area (Å²) in [6.45, 7) is 6.41. The van der Waals surface area contributed by atoms with Crippen LogP contribution in [-0.2, 0) is 23.7 Å². The molecule has 5 N–H and O–H groups in total. The molecule has 0 spiro atoms. The first-order valence-electron chi connectivity index (χ1n) is 15.1. The summed E-state index contributed by atoms with van der Waals surface area (Å²) in [5.41, 5.74) is 10.5. The van der Waals surface area contributed by atoms with Crippen molar-refractivity contribution in [3.05, 3.63) is 117 Å². The zero-order valence-corrected chi connectivity index (χ0v) is 27.0. The number of amides is 1. The third kappa shape index (κ3) is 7.90. The average Bonchev–Trinajstić information content (AvgIpc) is 3.34. The number of aromatic nitrogens is 3. The number of benzene rings is 3. The van der Waals surface area contributed by atoms with Crippen molar-refractivity contribution in [3.63, 3.8) is 0 Å². The maximum absolute atomic E-state index is 13.7. The van der Waals surface area contributed by atoms with E-state index in [1.165, 1.54) is 19.1 Å². The molecule has 15 heteroatoms. The molecule has 49 heavy (non-hydrogen) atoms. The first-order valence-corrected chi connectivity index (χ1v) is 15.1. The maximum Gasteiger partial charge on any atom is 0.338 e. The molecule has 2 heterocycles. The van der Waals surface area contributed by atoms with Crippen LogP contribution in [0.3, 0.4) is 0 Å². The number of aromatic amines is 1. The van der Waals surface area contributed by atoms with E-state index in [2.05, 4.69) is 26.0 Å². The van der Waals surface area contributed by atoms with Gasteiger partial charge in [-0.3, -0.25) is 25.4 Å². The Morgan fingerprint density at radius 3 is 1.86 bits per heavy atom. The molecule has 5 rings (SSSR count). The summed E-state index contributed by atoms with van der Waals surface area (Å²) in [7, 11) is 0. The Kier molecular flexibility index (Phi) is 10.0. The lowest BCUT2D eigenvalue weighted by molar-refractivity contribution is -0.143. The highest BCUT2D eigenvalue weighted by atomic mass is 16.7. The molecule has 0 aliphatic carbocycles. The van der Waals surface area contributed by atoms with Gasteiger partial charge < -0.3 is 24.7 Å². The predicted molar refractivity (Wildman–Crippen MR) is 174 cm³/mol. The number of hydrogen-bond donors (Lipinski definition) is 4. The minimum Gasteiger partial charge on any atom is -0.459 e. The fourth-order valence-corrected chi connectivity index (χ4v) is 5.02. The van der Waals surface area contributed by atoms with Gasteiger partial charge in [0.25, 0.3) is 11.5 Å². The van der Waals surface area contributed by atoms with Crippen LogP contribution in [-0.4, -0.2) is 69.5 Å². The number of carbonyl (C=O) groups excluding carboxylic acids is 4. The fourth-order valence-electron chi connectivity index (χ4n) is 5.02. The molecule has 1 aliphatic heterocycles. The number of anilines is 2. The number of hydrazine groups is 1. The number of rotatable bonds is 10. The van der Waals surface area contributed by atoms with Gasteiger partial charge in [-0.05, 0) is 64.1 Å². The van der Waals surface area contributed by atoms with E-state index in [4.69, 9.17) is 24.7 Å². The molecule has 254 valence electrons. The van der Waals surface area contributed by atoms with Crippen LogP contribution in [0.25, 0.3) is 0 Å². The second-order valence-electron chi connectivity index (χ2n) is 11.7. The lowest BCUT2D eigenvalue weighted by Crippen LogP contribution is -2.56. The monoisotopic (exact) mass is 670 g/mol. The van der Waals surface area contributed by atoms with Gasteiger partial charge in [0.1, 0.15) is 12.7 Å². The third-order valence-electron chi connectivity index (χ3n) is 7.78. The molecule has 0 bridgehead atoms. The van der Waals surface area contributed by atoms with Crippen LogP contribution in [0.4, 0.5) is 11.8 Å². The van der Waals surface area contributed by atoms with Gasteiger partial charge >= 0.3 is 17.9 Å². The number of nitrogens with two attached hydrogens (primary N) is 1. The quantitative estimate of drug-likeness (QED) is 0.109. The highest BCUT2D eigenvalue weighted by Gasteiger charge is 2.62. The van der Waals surface area contributed by atoms with E-state index in [9.17, 15) is 24.0 Å². The van der Waals surface area contributed by atoms with E-state index in [-0.39, 0.29) is 22.6 Å². The molecule has 1 aromatic heterocycles. The van der Waals surface area contributed by atoms with Crippen LogP contribution in [0.15, 0.2) is 77.6 Å². The van der Waals surface area contributed by atoms with E-state index in [1.807, 2.05) is 20.8 Å². The number of hydrogen-bond acceptors (Lipinski definition) is 13. The van der Waals surface area contributed by atoms with E-state index in [1.54, 1.807) is 60.7 Å². The van der Waals surface area contributed by atoms with Gasteiger partial charge in [0.15, 0.2) is 17.8 Å². The number of carbonyl (C=O) groups is 4. The molecule has 1 aliphatic rings. The van der Waals surface area contributed by atoms with Crippen LogP contribution >= 0.6 is 0 Å². The van der Waals surface area contributed by atoms with Crippen LogP contribution < -0.4 is 22.1 Å². The van der Waals surface area contributed by atoms with Crippen molar-refractivity contribution in [2.75, 3.05) is 17.8 Å². The van der Waals surface area contributed by atoms with Crippen molar-refractivity contribution in [1.82, 2.24) is 20.6 Å². The molecule has 4 aromatic rings. The normalized spacial score (nSPS) is 19.8. The van der Waals surface area contributed by atoms with Crippen LogP contribution in [0.2, 0.25) is 0 Å². The van der Waals surface area contributed by atoms with E-state index >= 15 is 0 Å². The number of ether oxygens (including phenoxy) is 4. The zero-order chi connectivity index (χ0) is 35.3. The highest BCUT2D eigenvalue weighted by Crippen LogP contribution is 2.38. The minimum atomic E-state index is -2.02. The molecule has 1 amide bonds. The standard InChI is InChI=1S/C34H34N6O9/c1-18-5-11-21(12-6-18)30(43)46-17-24-25(48-31(44)22-13-7-19(2)8-14-22)34(4,49-32(45)23-15-9-20(3)10-16-23)26(47-24)28(41)39-37-27-29(42)36-33(35)40-38-27/h5-16,24-26H,17H2,1-4H3,(H,37,38)(H,39,41)(H3,35,36,40,42)/t24-,25-,26?,34-/m1/s1. The molecule has 4 atom stereocenters. The summed E-state index contributed by atoms with van der Waals surface area (Å²) in [6.07, 6.45) is -4.49. The molecule has 0 radical (unpaired) electrons. The van der Waals surface area contributed by atoms with Gasteiger partial charge in [-0.25, -0.2) is 14.4 Å². The number of aryl methyl sites for hydroxylation is 3. The van der Waals surface area contributed by atoms with Crippen molar-refractivity contribution in [3.8, 4) is 0 Å². The summed E-state index contributed by atoms with van der Waals surface area (Å²) in [4.78, 5) is 68.2. The first kappa shape index (κ1) is 34.3. The summed E-state index contributed by atoms with van der Waals surface area (Å²) in [5, 5.41) is 7.14. The fraction of sp³-hybridized carbons (Fsp3) is 0.265. The minimum absolute atomic E-state index is 0.144. The van der Waals surface area contributed by atoms with Crippen molar-refractivity contribution < 1.29 is 38.1 Å². The van der Waals surface area contributed by atoms with Crippen molar-refractivity contribution >= 4 is 35.6 Å². The van der Waals surface area contributed by atoms with Gasteiger partial charge in [-0.1, -0.05) is 53.1 Å². The SMILES string of the molecule is Cc1ccc(C(=O)OC[C@H]2OC(C(=O)NNc3nnc(N)[nH]c3=O)[C@](C)(OC(=O)c3ccc(C)cc3)[C@@H]2OC(=O)c2ccc(C)cc2)cc1. The molecule has 1 unspecified atom stereocenters. The largest absolute Gasteiger partial charge is 0.459 e. The number of H-pyrrole nitrogens is 1. The van der Waals surface area contributed by atoms with Crippen LogP contribution in [0.1, 0.15) is 54.7 Å². The van der Waals surface area contributed by atoms with Gasteiger partial charge in [-0.15, -0.1) is 10.2 Å². The Morgan fingerprint density at radius 2 is 1.33 bits per heavy atom. The molecular formula is C34H34N6O9. The molecule has 1 fully saturated rings. The molecule has 0 saturated carbocycles. The number of nitrogens with zero attached hydrogens (tertiary/aromatic N) is 2. The van der Waals surface area contributed by atoms with E-state index in [0.717, 1.165) is 16.7 Å². The third-order valence-corrected chi connectivity index (χ3v) is 7.78. The lowest BCUT2D eigenvalue weighted by atomic mass is 9.91. The van der Waals surface area contributed by atoms with E-state index in [0.29, 0.717) is 0 Å². The Balaban J connectivity index is 1.48. The predicted octanol–water partition coefficient (Wildman–Crippen LogP) is 2.58. The van der Waals surface area contributed by atoms with Crippen LogP contribution in [0, 0.1) is 20.8 Å².